The van der Waals surface area contributed by atoms with Crippen LogP contribution >= 0.6 is 23.2 Å². The minimum absolute atomic E-state index is 0.211. The normalized spacial score (nSPS) is 12.9. The molecule has 0 saturated carbocycles. The van der Waals surface area contributed by atoms with Crippen LogP contribution < -0.4 is 9.86 Å². The molecule has 0 fully saturated rings. The number of nitrogens with two attached hydrogens (primary N) is 1. The first-order valence-electron chi connectivity index (χ1n) is 4.99. The topological polar surface area (TPSA) is 106 Å². The second kappa shape index (κ2) is 5.55. The Labute approximate surface area is 122 Å². The van der Waals surface area contributed by atoms with Gasteiger partial charge in [-0.1, -0.05) is 23.2 Å². The third-order valence-corrected chi connectivity index (χ3v) is 5.46. The molecular weight excluding hydrogens is 335 g/mol. The second-order valence-corrected chi connectivity index (χ2v) is 8.07. The van der Waals surface area contributed by atoms with Gasteiger partial charge in [-0.25, -0.2) is 26.7 Å². The van der Waals surface area contributed by atoms with Crippen LogP contribution in [0.3, 0.4) is 0 Å². The Morgan fingerprint density at radius 2 is 1.68 bits per heavy atom. The number of halogens is 2. The largest absolute Gasteiger partial charge is 0.240 e. The summed E-state index contributed by atoms with van der Waals surface area (Å²) in [5.41, 5.74) is 0. The molecule has 108 valence electrons. The maximum absolute atomic E-state index is 11.9. The predicted molar refractivity (Wildman–Crippen MR) is 73.3 cm³/mol. The molecule has 1 aromatic carbocycles. The van der Waals surface area contributed by atoms with E-state index < -0.39 is 24.9 Å². The number of benzene rings is 1. The number of hydrogen-bond acceptors (Lipinski definition) is 4. The molecule has 1 rings (SSSR count). The molecular formula is C9H12Cl2N2O4S2. The quantitative estimate of drug-likeness (QED) is 0.857. The summed E-state index contributed by atoms with van der Waals surface area (Å²) >= 11 is 11.4. The number of nitrogens with one attached hydrogen (secondary N) is 1. The van der Waals surface area contributed by atoms with Gasteiger partial charge in [0.1, 0.15) is 4.90 Å². The van der Waals surface area contributed by atoms with E-state index >= 15 is 0 Å². The van der Waals surface area contributed by atoms with Gasteiger partial charge in [0.15, 0.2) is 0 Å². The number of rotatable bonds is 4. The van der Waals surface area contributed by atoms with E-state index in [-0.39, 0.29) is 21.0 Å². The van der Waals surface area contributed by atoms with E-state index in [2.05, 4.69) is 4.72 Å². The van der Waals surface area contributed by atoms with Crippen LogP contribution in [0.25, 0.3) is 0 Å². The first kappa shape index (κ1) is 16.7. The van der Waals surface area contributed by atoms with E-state index in [9.17, 15) is 16.8 Å². The summed E-state index contributed by atoms with van der Waals surface area (Å²) in [4.78, 5) is -0.856. The highest BCUT2D eigenvalue weighted by molar-refractivity contribution is 7.90. The number of sulfonamides is 2. The van der Waals surface area contributed by atoms with Crippen molar-refractivity contribution in [3.05, 3.63) is 22.2 Å². The SMILES string of the molecule is CC(C)NS(=O)(=O)c1cc(Cl)c(Cl)c(S(N)(=O)=O)c1. The van der Waals surface area contributed by atoms with Gasteiger partial charge in [0, 0.05) is 6.04 Å². The van der Waals surface area contributed by atoms with Crippen LogP contribution in [0.4, 0.5) is 0 Å². The fourth-order valence-corrected chi connectivity index (χ4v) is 4.08. The molecule has 0 aliphatic heterocycles. The molecule has 0 unspecified atom stereocenters. The third-order valence-electron chi connectivity index (χ3n) is 1.98. The Morgan fingerprint density at radius 3 is 2.11 bits per heavy atom. The molecule has 0 radical (unpaired) electrons. The Morgan fingerprint density at radius 1 is 1.16 bits per heavy atom. The molecule has 0 aromatic heterocycles. The van der Waals surface area contributed by atoms with Gasteiger partial charge in [-0.15, -0.1) is 0 Å². The van der Waals surface area contributed by atoms with E-state index in [0.717, 1.165) is 12.1 Å². The lowest BCUT2D eigenvalue weighted by Gasteiger charge is -2.12. The van der Waals surface area contributed by atoms with Crippen molar-refractivity contribution in [3.8, 4) is 0 Å². The Kier molecular flexibility index (Phi) is 4.87. The van der Waals surface area contributed by atoms with Crippen molar-refractivity contribution in [2.45, 2.75) is 29.7 Å². The van der Waals surface area contributed by atoms with Gasteiger partial charge < -0.3 is 0 Å². The summed E-state index contributed by atoms with van der Waals surface area (Å²) in [5, 5.41) is 4.43. The van der Waals surface area contributed by atoms with E-state index in [1.165, 1.54) is 0 Å². The average Bonchev–Trinajstić information content (AvgIpc) is 2.17. The first-order valence-corrected chi connectivity index (χ1v) is 8.78. The van der Waals surface area contributed by atoms with Gasteiger partial charge in [-0.05, 0) is 26.0 Å². The van der Waals surface area contributed by atoms with E-state index in [1.54, 1.807) is 13.8 Å². The van der Waals surface area contributed by atoms with Crippen molar-refractivity contribution in [1.29, 1.82) is 0 Å². The maximum Gasteiger partial charge on any atom is 0.240 e. The van der Waals surface area contributed by atoms with Gasteiger partial charge in [-0.2, -0.15) is 0 Å². The van der Waals surface area contributed by atoms with E-state index in [4.69, 9.17) is 28.3 Å². The summed E-state index contributed by atoms with van der Waals surface area (Å²) in [5.74, 6) is 0. The van der Waals surface area contributed by atoms with E-state index in [1.807, 2.05) is 0 Å². The van der Waals surface area contributed by atoms with Gasteiger partial charge in [0.05, 0.1) is 14.9 Å². The molecule has 0 amide bonds. The van der Waals surface area contributed by atoms with Crippen LogP contribution in [-0.2, 0) is 20.0 Å². The lowest BCUT2D eigenvalue weighted by Crippen LogP contribution is -2.30. The molecule has 0 aliphatic carbocycles. The lowest BCUT2D eigenvalue weighted by molar-refractivity contribution is 0.569. The van der Waals surface area contributed by atoms with Crippen LogP contribution in [0.2, 0.25) is 10.0 Å². The minimum atomic E-state index is -4.18. The molecule has 0 saturated heterocycles. The van der Waals surface area contributed by atoms with Gasteiger partial charge >= 0.3 is 0 Å². The first-order chi connectivity index (χ1) is 8.45. The lowest BCUT2D eigenvalue weighted by atomic mass is 10.3. The molecule has 0 bridgehead atoms. The van der Waals surface area contributed by atoms with Gasteiger partial charge in [0.2, 0.25) is 20.0 Å². The average molecular weight is 347 g/mol. The Hall–Kier alpha value is -0.380. The standard InChI is InChI=1S/C9H12Cl2N2O4S2/c1-5(2)13-19(16,17)6-3-7(10)9(11)8(4-6)18(12,14)15/h3-5,13H,1-2H3,(H2,12,14,15). The highest BCUT2D eigenvalue weighted by atomic mass is 35.5. The van der Waals surface area contributed by atoms with Crippen LogP contribution in [0.5, 0.6) is 0 Å². The van der Waals surface area contributed by atoms with Crippen molar-refractivity contribution in [1.82, 2.24) is 4.72 Å². The maximum atomic E-state index is 11.9. The van der Waals surface area contributed by atoms with Crippen LogP contribution in [-0.4, -0.2) is 22.9 Å². The number of hydrogen-bond donors (Lipinski definition) is 2. The molecule has 0 aliphatic rings. The summed E-state index contributed by atoms with van der Waals surface area (Å²) in [6.07, 6.45) is 0. The molecule has 0 heterocycles. The molecule has 19 heavy (non-hydrogen) atoms. The van der Waals surface area contributed by atoms with Crippen molar-refractivity contribution in [2.24, 2.45) is 5.14 Å². The molecule has 10 heteroatoms. The highest BCUT2D eigenvalue weighted by Gasteiger charge is 2.23. The highest BCUT2D eigenvalue weighted by Crippen LogP contribution is 2.31. The monoisotopic (exact) mass is 346 g/mol. The van der Waals surface area contributed by atoms with Crippen LogP contribution in [0.15, 0.2) is 21.9 Å². The Balaban J connectivity index is 3.54. The third kappa shape index (κ3) is 4.04. The molecule has 6 nitrogen and oxygen atoms in total. The zero-order valence-electron chi connectivity index (χ0n) is 10.0. The van der Waals surface area contributed by atoms with E-state index in [0.29, 0.717) is 0 Å². The van der Waals surface area contributed by atoms with Crippen molar-refractivity contribution >= 4 is 43.2 Å². The van der Waals surface area contributed by atoms with Crippen molar-refractivity contribution in [3.63, 3.8) is 0 Å². The molecule has 1 aromatic rings. The Bertz CT molecular complexity index is 699. The smallest absolute Gasteiger partial charge is 0.225 e. The summed E-state index contributed by atoms with van der Waals surface area (Å²) in [7, 11) is -8.07. The molecule has 0 spiro atoms. The predicted octanol–water partition coefficient (Wildman–Crippen LogP) is 1.33. The minimum Gasteiger partial charge on any atom is -0.225 e. The second-order valence-electron chi connectivity index (χ2n) is 4.04. The van der Waals surface area contributed by atoms with Crippen molar-refractivity contribution in [2.75, 3.05) is 0 Å². The van der Waals surface area contributed by atoms with Crippen molar-refractivity contribution < 1.29 is 16.8 Å². The van der Waals surface area contributed by atoms with Crippen LogP contribution in [0, 0.1) is 0 Å². The van der Waals surface area contributed by atoms with Gasteiger partial charge in [-0.3, -0.25) is 0 Å². The fraction of sp³-hybridized carbons (Fsp3) is 0.333. The molecule has 3 N–H and O–H groups in total. The summed E-state index contributed by atoms with van der Waals surface area (Å²) in [6.45, 7) is 3.24. The summed E-state index contributed by atoms with van der Waals surface area (Å²) in [6, 6.07) is 1.56. The zero-order valence-corrected chi connectivity index (χ0v) is 13.2. The van der Waals surface area contributed by atoms with Gasteiger partial charge in [0.25, 0.3) is 0 Å². The summed E-state index contributed by atoms with van der Waals surface area (Å²) < 4.78 is 48.8. The zero-order chi connectivity index (χ0) is 15.0. The molecule has 0 atom stereocenters. The van der Waals surface area contributed by atoms with Crippen LogP contribution in [0.1, 0.15) is 13.8 Å². The number of primary sulfonamides is 1. The fourth-order valence-electron chi connectivity index (χ4n) is 1.28.